The lowest BCUT2D eigenvalue weighted by Crippen LogP contribution is -2.22. The second kappa shape index (κ2) is 10.7. The molecule has 1 aromatic heterocycles. The molecule has 0 saturated carbocycles. The molecule has 0 aliphatic carbocycles. The Bertz CT molecular complexity index is 379. The average molecular weight is 307 g/mol. The normalized spacial score (nSPS) is 20.0. The smallest absolute Gasteiger partial charge is 0.157 e. The molecule has 0 aromatic carbocycles. The van der Waals surface area contributed by atoms with Crippen molar-refractivity contribution in [3.8, 4) is 0 Å². The Labute approximate surface area is 133 Å². The first-order valence-electron chi connectivity index (χ1n) is 8.65. The predicted molar refractivity (Wildman–Crippen MR) is 86.6 cm³/mol. The van der Waals surface area contributed by atoms with Crippen molar-refractivity contribution < 1.29 is 14.6 Å². The number of aliphatic hydroxyl groups excluding tert-OH is 1. The van der Waals surface area contributed by atoms with Gasteiger partial charge in [-0.05, 0) is 69.4 Å². The second-order valence-electron chi connectivity index (χ2n) is 6.07. The largest absolute Gasteiger partial charge is 0.393 e. The number of rotatable bonds is 10. The summed E-state index contributed by atoms with van der Waals surface area (Å²) in [5, 5.41) is 9.99. The van der Waals surface area contributed by atoms with Crippen LogP contribution < -0.4 is 0 Å². The van der Waals surface area contributed by atoms with Crippen LogP contribution in [0.3, 0.4) is 0 Å². The summed E-state index contributed by atoms with van der Waals surface area (Å²) in [6.45, 7) is 1.58. The van der Waals surface area contributed by atoms with Gasteiger partial charge in [0.1, 0.15) is 0 Å². The summed E-state index contributed by atoms with van der Waals surface area (Å²) in [5.41, 5.74) is 1.25. The van der Waals surface area contributed by atoms with Gasteiger partial charge in [-0.15, -0.1) is 0 Å². The number of pyridine rings is 1. The van der Waals surface area contributed by atoms with Gasteiger partial charge in [0.15, 0.2) is 6.29 Å². The van der Waals surface area contributed by atoms with Crippen molar-refractivity contribution in [3.63, 3.8) is 0 Å². The molecular weight excluding hydrogens is 278 g/mol. The first kappa shape index (κ1) is 17.4. The highest BCUT2D eigenvalue weighted by Crippen LogP contribution is 2.15. The first-order chi connectivity index (χ1) is 10.8. The van der Waals surface area contributed by atoms with E-state index in [0.29, 0.717) is 0 Å². The minimum absolute atomic E-state index is 0.0122. The lowest BCUT2D eigenvalue weighted by molar-refractivity contribution is -0.162. The van der Waals surface area contributed by atoms with Gasteiger partial charge in [-0.3, -0.25) is 4.98 Å². The average Bonchev–Trinajstić information content (AvgIpc) is 2.56. The molecule has 2 rings (SSSR count). The molecule has 1 aromatic rings. The minimum Gasteiger partial charge on any atom is -0.393 e. The lowest BCUT2D eigenvalue weighted by atomic mass is 10.0. The molecule has 1 aliphatic rings. The Morgan fingerprint density at radius 1 is 1.27 bits per heavy atom. The van der Waals surface area contributed by atoms with Crippen LogP contribution in [0.2, 0.25) is 0 Å². The molecule has 4 nitrogen and oxygen atoms in total. The fourth-order valence-electron chi connectivity index (χ4n) is 2.77. The van der Waals surface area contributed by atoms with Gasteiger partial charge in [0.05, 0.1) is 6.10 Å². The monoisotopic (exact) mass is 307 g/mol. The van der Waals surface area contributed by atoms with Crippen LogP contribution >= 0.6 is 0 Å². The molecule has 0 amide bonds. The molecule has 1 aliphatic heterocycles. The van der Waals surface area contributed by atoms with Gasteiger partial charge in [-0.2, -0.15) is 0 Å². The summed E-state index contributed by atoms with van der Waals surface area (Å²) < 4.78 is 11.2. The summed E-state index contributed by atoms with van der Waals surface area (Å²) in [5.74, 6) is 0. The standard InChI is InChI=1S/C18H29NO3/c20-17(10-5-7-16-8-6-12-19-15-16)9-1-3-13-21-18-11-2-4-14-22-18/h6,8,12,15,17-18,20H,1-5,7,9-11,13-14H2/t17-,18-/m0/s1. The van der Waals surface area contributed by atoms with Crippen LogP contribution in [-0.2, 0) is 15.9 Å². The fourth-order valence-corrected chi connectivity index (χ4v) is 2.77. The quantitative estimate of drug-likeness (QED) is 0.672. The zero-order valence-corrected chi connectivity index (χ0v) is 13.5. The third-order valence-electron chi connectivity index (χ3n) is 4.10. The molecule has 2 atom stereocenters. The third kappa shape index (κ3) is 7.34. The Balaban J connectivity index is 1.43. The maximum absolute atomic E-state index is 9.99. The highest BCUT2D eigenvalue weighted by atomic mass is 16.7. The first-order valence-corrected chi connectivity index (χ1v) is 8.65. The van der Waals surface area contributed by atoms with Gasteiger partial charge in [0.25, 0.3) is 0 Å². The van der Waals surface area contributed by atoms with Crippen molar-refractivity contribution >= 4 is 0 Å². The zero-order chi connectivity index (χ0) is 15.5. The summed E-state index contributed by atoms with van der Waals surface area (Å²) in [4.78, 5) is 4.10. The molecule has 0 unspecified atom stereocenters. The maximum Gasteiger partial charge on any atom is 0.157 e. The Morgan fingerprint density at radius 3 is 2.95 bits per heavy atom. The van der Waals surface area contributed by atoms with Gasteiger partial charge in [0, 0.05) is 25.6 Å². The molecule has 1 fully saturated rings. The summed E-state index contributed by atoms with van der Waals surface area (Å²) in [7, 11) is 0. The van der Waals surface area contributed by atoms with Crippen LogP contribution in [0.15, 0.2) is 24.5 Å². The SMILES string of the molecule is O[C@@H](CCCCO[C@@H]1CCCCO1)CCCc1cccnc1. The second-order valence-corrected chi connectivity index (χ2v) is 6.07. The van der Waals surface area contributed by atoms with E-state index in [4.69, 9.17) is 9.47 Å². The highest BCUT2D eigenvalue weighted by molar-refractivity contribution is 5.08. The lowest BCUT2D eigenvalue weighted by Gasteiger charge is -2.22. The molecule has 1 saturated heterocycles. The Hall–Kier alpha value is -0.970. The van der Waals surface area contributed by atoms with Gasteiger partial charge < -0.3 is 14.6 Å². The van der Waals surface area contributed by atoms with Crippen molar-refractivity contribution in [1.29, 1.82) is 0 Å². The van der Waals surface area contributed by atoms with E-state index in [1.165, 1.54) is 12.0 Å². The number of aliphatic hydroxyl groups is 1. The minimum atomic E-state index is -0.192. The Kier molecular flexibility index (Phi) is 8.46. The number of aromatic nitrogens is 1. The van der Waals surface area contributed by atoms with Crippen LogP contribution in [0.4, 0.5) is 0 Å². The van der Waals surface area contributed by atoms with E-state index in [0.717, 1.165) is 64.6 Å². The van der Waals surface area contributed by atoms with Crippen molar-refractivity contribution in [2.75, 3.05) is 13.2 Å². The van der Waals surface area contributed by atoms with E-state index >= 15 is 0 Å². The van der Waals surface area contributed by atoms with Crippen LogP contribution in [0.1, 0.15) is 56.9 Å². The van der Waals surface area contributed by atoms with Crippen molar-refractivity contribution in [2.24, 2.45) is 0 Å². The highest BCUT2D eigenvalue weighted by Gasteiger charge is 2.13. The van der Waals surface area contributed by atoms with Gasteiger partial charge in [0.2, 0.25) is 0 Å². The van der Waals surface area contributed by atoms with Gasteiger partial charge >= 0.3 is 0 Å². The van der Waals surface area contributed by atoms with Crippen LogP contribution in [0, 0.1) is 0 Å². The number of nitrogens with zero attached hydrogens (tertiary/aromatic N) is 1. The van der Waals surface area contributed by atoms with Gasteiger partial charge in [-0.1, -0.05) is 6.07 Å². The van der Waals surface area contributed by atoms with E-state index in [1.807, 2.05) is 12.3 Å². The maximum atomic E-state index is 9.99. The number of hydrogen-bond acceptors (Lipinski definition) is 4. The molecule has 0 radical (unpaired) electrons. The van der Waals surface area contributed by atoms with Crippen LogP contribution in [-0.4, -0.2) is 35.7 Å². The summed E-state index contributed by atoms with van der Waals surface area (Å²) in [6, 6.07) is 4.05. The van der Waals surface area contributed by atoms with E-state index in [1.54, 1.807) is 6.20 Å². The molecule has 22 heavy (non-hydrogen) atoms. The van der Waals surface area contributed by atoms with Crippen molar-refractivity contribution in [1.82, 2.24) is 4.98 Å². The number of aryl methyl sites for hydroxylation is 1. The Morgan fingerprint density at radius 2 is 2.18 bits per heavy atom. The number of hydrogen-bond donors (Lipinski definition) is 1. The molecule has 4 heteroatoms. The number of ether oxygens (including phenoxy) is 2. The third-order valence-corrected chi connectivity index (χ3v) is 4.10. The van der Waals surface area contributed by atoms with Crippen LogP contribution in [0.5, 0.6) is 0 Å². The molecule has 124 valence electrons. The predicted octanol–water partition coefficient (Wildman–Crippen LogP) is 3.48. The van der Waals surface area contributed by atoms with Crippen LogP contribution in [0.25, 0.3) is 0 Å². The van der Waals surface area contributed by atoms with Crippen molar-refractivity contribution in [3.05, 3.63) is 30.1 Å². The molecule has 0 spiro atoms. The van der Waals surface area contributed by atoms with E-state index in [-0.39, 0.29) is 12.4 Å². The fraction of sp³-hybridized carbons (Fsp3) is 0.722. The van der Waals surface area contributed by atoms with E-state index in [2.05, 4.69) is 11.1 Å². The van der Waals surface area contributed by atoms with Gasteiger partial charge in [-0.25, -0.2) is 0 Å². The summed E-state index contributed by atoms with van der Waals surface area (Å²) in [6.07, 6.45) is 12.6. The topological polar surface area (TPSA) is 51.6 Å². The molecule has 0 bridgehead atoms. The molecule has 2 heterocycles. The zero-order valence-electron chi connectivity index (χ0n) is 13.5. The van der Waals surface area contributed by atoms with E-state index in [9.17, 15) is 5.11 Å². The number of unbranched alkanes of at least 4 members (excludes halogenated alkanes) is 1. The van der Waals surface area contributed by atoms with Crippen molar-refractivity contribution in [2.45, 2.75) is 70.2 Å². The summed E-state index contributed by atoms with van der Waals surface area (Å²) >= 11 is 0. The molecular formula is C18H29NO3. The molecule has 1 N–H and O–H groups in total. The van der Waals surface area contributed by atoms with E-state index < -0.39 is 0 Å².